The number of aliphatic hydroxyl groups is 2. The molecule has 2 N–H and O–H groups in total. The van der Waals surface area contributed by atoms with Crippen molar-refractivity contribution in [2.45, 2.75) is 56.0 Å². The maximum atomic E-state index is 14.2. The second-order valence-electron chi connectivity index (χ2n) is 8.84. The third kappa shape index (κ3) is 3.85. The highest BCUT2D eigenvalue weighted by atomic mass is 19.1. The van der Waals surface area contributed by atoms with Crippen molar-refractivity contribution in [3.63, 3.8) is 0 Å². The van der Waals surface area contributed by atoms with Gasteiger partial charge in [0.1, 0.15) is 17.1 Å². The fourth-order valence-corrected chi connectivity index (χ4v) is 5.00. The van der Waals surface area contributed by atoms with Crippen LogP contribution in [0.5, 0.6) is 0 Å². The second kappa shape index (κ2) is 8.83. The van der Waals surface area contributed by atoms with Crippen LogP contribution >= 0.6 is 0 Å². The predicted octanol–water partition coefficient (Wildman–Crippen LogP) is 2.30. The summed E-state index contributed by atoms with van der Waals surface area (Å²) in [6.45, 7) is 0. The van der Waals surface area contributed by atoms with Crippen molar-refractivity contribution in [3.05, 3.63) is 87.9 Å². The highest BCUT2D eigenvalue weighted by molar-refractivity contribution is 5.97. The topological polar surface area (TPSA) is 115 Å². The number of Topliss-reactive ketones (excluding diaryl/α,β-unsaturated/α-hetero) is 1. The number of pyridine rings is 1. The minimum absolute atomic E-state index is 0.0436. The quantitative estimate of drug-likeness (QED) is 0.556. The number of rotatable bonds is 5. The molecule has 0 spiro atoms. The van der Waals surface area contributed by atoms with Crippen LogP contribution in [0, 0.1) is 5.82 Å². The Morgan fingerprint density at radius 1 is 1.24 bits per heavy atom. The fraction of sp³-hybridized carbons (Fsp3) is 0.360. The Bertz CT molecular complexity index is 1300. The zero-order valence-corrected chi connectivity index (χ0v) is 18.3. The zero-order valence-electron chi connectivity index (χ0n) is 18.3. The van der Waals surface area contributed by atoms with Crippen LogP contribution in [0.25, 0.3) is 5.69 Å². The lowest BCUT2D eigenvalue weighted by Crippen LogP contribution is -2.54. The van der Waals surface area contributed by atoms with Crippen molar-refractivity contribution < 1.29 is 24.1 Å². The summed E-state index contributed by atoms with van der Waals surface area (Å²) in [6, 6.07) is 8.74. The van der Waals surface area contributed by atoms with Crippen LogP contribution in [0.4, 0.5) is 4.39 Å². The Kier molecular flexibility index (Phi) is 5.85. The molecule has 8 nitrogen and oxygen atoms in total. The average molecular weight is 465 g/mol. The van der Waals surface area contributed by atoms with Gasteiger partial charge in [0.05, 0.1) is 23.9 Å². The number of carbonyl (C=O) groups is 1. The summed E-state index contributed by atoms with van der Waals surface area (Å²) in [5, 5.41) is 25.3. The van der Waals surface area contributed by atoms with Crippen LogP contribution < -0.4 is 5.56 Å². The molecule has 5 rings (SSSR count). The molecule has 0 radical (unpaired) electrons. The summed E-state index contributed by atoms with van der Waals surface area (Å²) in [5.41, 5.74) is -0.889. The van der Waals surface area contributed by atoms with Crippen LogP contribution in [0.2, 0.25) is 0 Å². The Labute approximate surface area is 194 Å². The summed E-state index contributed by atoms with van der Waals surface area (Å²) >= 11 is 0. The van der Waals surface area contributed by atoms with E-state index >= 15 is 0 Å². The van der Waals surface area contributed by atoms with Gasteiger partial charge in [-0.15, -0.1) is 0 Å². The first-order valence-corrected chi connectivity index (χ1v) is 11.2. The van der Waals surface area contributed by atoms with E-state index in [4.69, 9.17) is 4.74 Å². The third-order valence-electron chi connectivity index (χ3n) is 6.81. The van der Waals surface area contributed by atoms with Crippen LogP contribution in [0.3, 0.4) is 0 Å². The number of ketones is 1. The standard InChI is InChI=1S/C25H24FN3O5/c26-18-4-1-2-5-19(18)29-24(32)17(8-11-28-29)20(30)12-15-14-27-10-7-16(15)21-13-22(31)25(33)9-3-6-23(25)34-21/h1-2,4-5,7-8,10-11,14,21-23,31,33H,3,6,9,12-13H2/t21-,22-,23-,25+/m0/s1. The van der Waals surface area contributed by atoms with Gasteiger partial charge >= 0.3 is 0 Å². The molecule has 2 aromatic heterocycles. The third-order valence-corrected chi connectivity index (χ3v) is 6.81. The van der Waals surface area contributed by atoms with Gasteiger partial charge in [0.25, 0.3) is 5.56 Å². The van der Waals surface area contributed by atoms with Crippen molar-refractivity contribution in [2.75, 3.05) is 0 Å². The number of fused-ring (bicyclic) bond motifs is 1. The van der Waals surface area contributed by atoms with Crippen molar-refractivity contribution in [2.24, 2.45) is 0 Å². The largest absolute Gasteiger partial charge is 0.390 e. The fourth-order valence-electron chi connectivity index (χ4n) is 5.00. The predicted molar refractivity (Wildman–Crippen MR) is 119 cm³/mol. The normalized spacial score (nSPS) is 26.3. The first kappa shape index (κ1) is 22.5. The Morgan fingerprint density at radius 2 is 2.06 bits per heavy atom. The number of hydrogen-bond donors (Lipinski definition) is 2. The summed E-state index contributed by atoms with van der Waals surface area (Å²) < 4.78 is 21.2. The van der Waals surface area contributed by atoms with Crippen LogP contribution in [0.1, 0.15) is 53.3 Å². The lowest BCUT2D eigenvalue weighted by Gasteiger charge is -2.43. The highest BCUT2D eigenvalue weighted by Gasteiger charge is 2.52. The van der Waals surface area contributed by atoms with Gasteiger partial charge in [0.15, 0.2) is 5.78 Å². The van der Waals surface area contributed by atoms with E-state index in [9.17, 15) is 24.2 Å². The first-order valence-electron chi connectivity index (χ1n) is 11.2. The number of aromatic nitrogens is 3. The number of hydrogen-bond acceptors (Lipinski definition) is 7. The maximum Gasteiger partial charge on any atom is 0.282 e. The molecule has 34 heavy (non-hydrogen) atoms. The number of ether oxygens (including phenoxy) is 1. The molecule has 3 heterocycles. The molecule has 0 amide bonds. The van der Waals surface area contributed by atoms with E-state index in [0.29, 0.717) is 24.0 Å². The van der Waals surface area contributed by atoms with E-state index in [2.05, 4.69) is 10.1 Å². The summed E-state index contributed by atoms with van der Waals surface area (Å²) in [6.07, 6.45) is 4.42. The van der Waals surface area contributed by atoms with Crippen molar-refractivity contribution in [1.29, 1.82) is 0 Å². The molecule has 1 saturated heterocycles. The Hall–Kier alpha value is -3.27. The molecule has 2 fully saturated rings. The molecule has 2 aliphatic rings. The van der Waals surface area contributed by atoms with Gasteiger partial charge in [-0.1, -0.05) is 12.1 Å². The summed E-state index contributed by atoms with van der Waals surface area (Å²) in [7, 11) is 0. The van der Waals surface area contributed by atoms with Gasteiger partial charge in [0, 0.05) is 31.4 Å². The van der Waals surface area contributed by atoms with E-state index in [1.807, 2.05) is 0 Å². The Morgan fingerprint density at radius 3 is 2.88 bits per heavy atom. The number of aliphatic hydroxyl groups excluding tert-OH is 1. The van der Waals surface area contributed by atoms with Crippen molar-refractivity contribution >= 4 is 5.78 Å². The molecule has 9 heteroatoms. The number of halogens is 1. The SMILES string of the molecule is O=C(Cc1cnccc1[C@@H]1C[C@H](O)[C@]2(O)CCC[C@@H]2O1)c1ccnn(-c2ccccc2F)c1=O. The van der Waals surface area contributed by atoms with Gasteiger partial charge in [-0.25, -0.2) is 4.39 Å². The molecule has 1 aliphatic heterocycles. The van der Waals surface area contributed by atoms with E-state index in [-0.39, 0.29) is 24.1 Å². The van der Waals surface area contributed by atoms with E-state index in [0.717, 1.165) is 11.1 Å². The summed E-state index contributed by atoms with van der Waals surface area (Å²) in [4.78, 5) is 30.2. The van der Waals surface area contributed by atoms with Gasteiger partial charge in [0.2, 0.25) is 0 Å². The molecule has 1 aromatic carbocycles. The van der Waals surface area contributed by atoms with Gasteiger partial charge < -0.3 is 14.9 Å². The number of benzene rings is 1. The van der Waals surface area contributed by atoms with Crippen molar-refractivity contribution in [1.82, 2.24) is 14.8 Å². The smallest absolute Gasteiger partial charge is 0.282 e. The van der Waals surface area contributed by atoms with Gasteiger partial charge in [-0.2, -0.15) is 9.78 Å². The summed E-state index contributed by atoms with van der Waals surface area (Å²) in [5.74, 6) is -1.10. The van der Waals surface area contributed by atoms with E-state index < -0.39 is 41.1 Å². The number of carbonyl (C=O) groups excluding carboxylic acids is 1. The first-order chi connectivity index (χ1) is 16.4. The average Bonchev–Trinajstić information content (AvgIpc) is 3.22. The maximum absolute atomic E-state index is 14.2. The van der Waals surface area contributed by atoms with Crippen molar-refractivity contribution in [3.8, 4) is 5.69 Å². The molecule has 0 bridgehead atoms. The minimum atomic E-state index is -1.24. The molecule has 176 valence electrons. The minimum Gasteiger partial charge on any atom is -0.390 e. The van der Waals surface area contributed by atoms with Crippen LogP contribution in [-0.2, 0) is 11.2 Å². The molecular formula is C25H24FN3O5. The molecule has 3 aromatic rings. The van der Waals surface area contributed by atoms with E-state index in [1.165, 1.54) is 36.7 Å². The molecule has 1 aliphatic carbocycles. The van der Waals surface area contributed by atoms with Gasteiger partial charge in [-0.05, 0) is 54.7 Å². The molecule has 1 saturated carbocycles. The monoisotopic (exact) mass is 465 g/mol. The van der Waals surface area contributed by atoms with Crippen LogP contribution in [-0.4, -0.2) is 48.6 Å². The molecule has 0 unspecified atom stereocenters. The number of nitrogens with zero attached hydrogens (tertiary/aromatic N) is 3. The lowest BCUT2D eigenvalue weighted by atomic mass is 9.83. The number of para-hydroxylation sites is 1. The van der Waals surface area contributed by atoms with Crippen LogP contribution in [0.15, 0.2) is 59.8 Å². The zero-order chi connectivity index (χ0) is 23.9. The van der Waals surface area contributed by atoms with E-state index in [1.54, 1.807) is 18.3 Å². The highest BCUT2D eigenvalue weighted by Crippen LogP contribution is 2.45. The lowest BCUT2D eigenvalue weighted by molar-refractivity contribution is -0.215. The molecule has 4 atom stereocenters. The molecular weight excluding hydrogens is 441 g/mol. The second-order valence-corrected chi connectivity index (χ2v) is 8.84. The Balaban J connectivity index is 1.43. The van der Waals surface area contributed by atoms with Gasteiger partial charge in [-0.3, -0.25) is 14.6 Å².